The Morgan fingerprint density at radius 1 is 1.08 bits per heavy atom. The second-order valence-corrected chi connectivity index (χ2v) is 5.94. The van der Waals surface area contributed by atoms with E-state index >= 15 is 0 Å². The Morgan fingerprint density at radius 2 is 1.72 bits per heavy atom. The van der Waals surface area contributed by atoms with Crippen molar-refractivity contribution in [3.05, 3.63) is 66.0 Å². The molecule has 1 aromatic heterocycles. The molecule has 1 atom stereocenters. The van der Waals surface area contributed by atoms with Gasteiger partial charge in [-0.25, -0.2) is 4.79 Å². The van der Waals surface area contributed by atoms with E-state index in [9.17, 15) is 14.7 Å². The van der Waals surface area contributed by atoms with Crippen molar-refractivity contribution in [2.24, 2.45) is 0 Å². The summed E-state index contributed by atoms with van der Waals surface area (Å²) >= 11 is 0. The number of pyridine rings is 1. The Labute approximate surface area is 147 Å². The SMILES string of the molecule is C[C@@H](C(=O)N(C)CCc1ccccc1)N(Cc1ccncc1)C(=O)O. The first-order valence-corrected chi connectivity index (χ1v) is 8.16. The molecule has 1 heterocycles. The highest BCUT2D eigenvalue weighted by Crippen LogP contribution is 2.11. The van der Waals surface area contributed by atoms with Crippen molar-refractivity contribution in [2.45, 2.75) is 25.9 Å². The summed E-state index contributed by atoms with van der Waals surface area (Å²) in [7, 11) is 1.70. The van der Waals surface area contributed by atoms with Gasteiger partial charge in [-0.1, -0.05) is 30.3 Å². The van der Waals surface area contributed by atoms with Gasteiger partial charge in [0, 0.05) is 32.5 Å². The van der Waals surface area contributed by atoms with E-state index in [0.29, 0.717) is 6.54 Å². The fourth-order valence-corrected chi connectivity index (χ4v) is 2.56. The van der Waals surface area contributed by atoms with Crippen LogP contribution in [0.4, 0.5) is 4.79 Å². The lowest BCUT2D eigenvalue weighted by molar-refractivity contribution is -0.134. The zero-order valence-electron chi connectivity index (χ0n) is 14.5. The number of amides is 2. The molecule has 0 spiro atoms. The summed E-state index contributed by atoms with van der Waals surface area (Å²) in [6, 6.07) is 12.6. The predicted octanol–water partition coefficient (Wildman–Crippen LogP) is 2.65. The number of carbonyl (C=O) groups is 2. The first-order valence-electron chi connectivity index (χ1n) is 8.16. The van der Waals surface area contributed by atoms with Crippen LogP contribution in [-0.2, 0) is 17.8 Å². The summed E-state index contributed by atoms with van der Waals surface area (Å²) in [5, 5.41) is 9.48. The highest BCUT2D eigenvalue weighted by Gasteiger charge is 2.27. The molecule has 2 aromatic rings. The van der Waals surface area contributed by atoms with Crippen LogP contribution in [-0.4, -0.2) is 51.5 Å². The molecular formula is C19H23N3O3. The molecule has 0 aliphatic carbocycles. The standard InChI is InChI=1S/C19H23N3O3/c1-15(22(19(24)25)14-17-8-11-20-12-9-17)18(23)21(2)13-10-16-6-4-3-5-7-16/h3-9,11-12,15H,10,13-14H2,1-2H3,(H,24,25)/t15-/m0/s1. The summed E-state index contributed by atoms with van der Waals surface area (Å²) in [4.78, 5) is 30.9. The third-order valence-corrected chi connectivity index (χ3v) is 4.13. The van der Waals surface area contributed by atoms with Crippen LogP contribution in [0.15, 0.2) is 54.9 Å². The van der Waals surface area contributed by atoms with Crippen LogP contribution in [0, 0.1) is 0 Å². The molecule has 0 fully saturated rings. The highest BCUT2D eigenvalue weighted by molar-refractivity contribution is 5.84. The van der Waals surface area contributed by atoms with Gasteiger partial charge < -0.3 is 10.0 Å². The number of likely N-dealkylation sites (N-methyl/N-ethyl adjacent to an activating group) is 1. The first-order chi connectivity index (χ1) is 12.0. The third kappa shape index (κ3) is 5.31. The van der Waals surface area contributed by atoms with Crippen molar-refractivity contribution in [2.75, 3.05) is 13.6 Å². The van der Waals surface area contributed by atoms with Gasteiger partial charge in [-0.05, 0) is 36.6 Å². The molecule has 6 heteroatoms. The zero-order chi connectivity index (χ0) is 18.2. The van der Waals surface area contributed by atoms with Crippen molar-refractivity contribution in [3.63, 3.8) is 0 Å². The highest BCUT2D eigenvalue weighted by atomic mass is 16.4. The van der Waals surface area contributed by atoms with Gasteiger partial charge in [-0.2, -0.15) is 0 Å². The maximum Gasteiger partial charge on any atom is 0.408 e. The minimum absolute atomic E-state index is 0.150. The second kappa shape index (κ2) is 8.82. The lowest BCUT2D eigenvalue weighted by atomic mass is 10.1. The Kier molecular flexibility index (Phi) is 6.51. The summed E-state index contributed by atoms with van der Waals surface area (Å²) < 4.78 is 0. The molecule has 2 rings (SSSR count). The molecule has 0 saturated carbocycles. The maximum atomic E-state index is 12.6. The van der Waals surface area contributed by atoms with Crippen LogP contribution >= 0.6 is 0 Å². The van der Waals surface area contributed by atoms with Crippen molar-refractivity contribution in [3.8, 4) is 0 Å². The number of aromatic nitrogens is 1. The molecule has 25 heavy (non-hydrogen) atoms. The van der Waals surface area contributed by atoms with E-state index in [0.717, 1.165) is 22.4 Å². The van der Waals surface area contributed by atoms with Gasteiger partial charge in [0.15, 0.2) is 0 Å². The summed E-state index contributed by atoms with van der Waals surface area (Å²) in [6.45, 7) is 2.31. The first kappa shape index (κ1) is 18.4. The van der Waals surface area contributed by atoms with Gasteiger partial charge >= 0.3 is 6.09 Å². The molecule has 132 valence electrons. The summed E-state index contributed by atoms with van der Waals surface area (Å²) in [6.07, 6.45) is 2.82. The topological polar surface area (TPSA) is 73.7 Å². The van der Waals surface area contributed by atoms with E-state index in [4.69, 9.17) is 0 Å². The molecule has 0 unspecified atom stereocenters. The van der Waals surface area contributed by atoms with Gasteiger partial charge in [0.2, 0.25) is 5.91 Å². The fraction of sp³-hybridized carbons (Fsp3) is 0.316. The van der Waals surface area contributed by atoms with Crippen molar-refractivity contribution in [1.82, 2.24) is 14.8 Å². The lowest BCUT2D eigenvalue weighted by Gasteiger charge is -2.29. The number of carbonyl (C=O) groups excluding carboxylic acids is 1. The zero-order valence-corrected chi connectivity index (χ0v) is 14.5. The Balaban J connectivity index is 1.98. The smallest absolute Gasteiger partial charge is 0.408 e. The number of nitrogens with zero attached hydrogens (tertiary/aromatic N) is 3. The van der Waals surface area contributed by atoms with Crippen LogP contribution < -0.4 is 0 Å². The molecule has 1 aromatic carbocycles. The van der Waals surface area contributed by atoms with Gasteiger partial charge in [-0.15, -0.1) is 0 Å². The third-order valence-electron chi connectivity index (χ3n) is 4.13. The van der Waals surface area contributed by atoms with Crippen LogP contribution in [0.3, 0.4) is 0 Å². The van der Waals surface area contributed by atoms with Crippen molar-refractivity contribution < 1.29 is 14.7 Å². The van der Waals surface area contributed by atoms with E-state index in [1.807, 2.05) is 30.3 Å². The fourth-order valence-electron chi connectivity index (χ4n) is 2.56. The number of carboxylic acid groups (broad SMARTS) is 1. The summed E-state index contributed by atoms with van der Waals surface area (Å²) in [5.74, 6) is -0.215. The monoisotopic (exact) mass is 341 g/mol. The molecule has 2 amide bonds. The number of hydrogen-bond donors (Lipinski definition) is 1. The molecule has 1 N–H and O–H groups in total. The van der Waals surface area contributed by atoms with Gasteiger partial charge in [0.1, 0.15) is 6.04 Å². The van der Waals surface area contributed by atoms with Gasteiger partial charge in [0.05, 0.1) is 0 Å². The van der Waals surface area contributed by atoms with E-state index in [-0.39, 0.29) is 12.5 Å². The minimum Gasteiger partial charge on any atom is -0.465 e. The predicted molar refractivity (Wildman–Crippen MR) is 95.0 cm³/mol. The molecule has 0 aliphatic rings. The number of hydrogen-bond acceptors (Lipinski definition) is 3. The summed E-state index contributed by atoms with van der Waals surface area (Å²) in [5.41, 5.74) is 1.94. The van der Waals surface area contributed by atoms with Crippen LogP contribution in [0.5, 0.6) is 0 Å². The van der Waals surface area contributed by atoms with Crippen LogP contribution in [0.2, 0.25) is 0 Å². The average molecular weight is 341 g/mol. The van der Waals surface area contributed by atoms with E-state index < -0.39 is 12.1 Å². The van der Waals surface area contributed by atoms with Gasteiger partial charge in [-0.3, -0.25) is 14.7 Å². The molecule has 0 aliphatic heterocycles. The van der Waals surface area contributed by atoms with Gasteiger partial charge in [0.25, 0.3) is 0 Å². The molecule has 0 saturated heterocycles. The molecule has 6 nitrogen and oxygen atoms in total. The van der Waals surface area contributed by atoms with Crippen molar-refractivity contribution in [1.29, 1.82) is 0 Å². The Morgan fingerprint density at radius 3 is 2.32 bits per heavy atom. The molecule has 0 bridgehead atoms. The second-order valence-electron chi connectivity index (χ2n) is 5.94. The van der Waals surface area contributed by atoms with E-state index in [1.165, 1.54) is 0 Å². The number of benzene rings is 1. The Bertz CT molecular complexity index is 692. The van der Waals surface area contributed by atoms with Crippen molar-refractivity contribution >= 4 is 12.0 Å². The average Bonchev–Trinajstić information content (AvgIpc) is 2.64. The van der Waals surface area contributed by atoms with Crippen LogP contribution in [0.1, 0.15) is 18.1 Å². The molecule has 0 radical (unpaired) electrons. The Hall–Kier alpha value is -2.89. The lowest BCUT2D eigenvalue weighted by Crippen LogP contribution is -2.48. The maximum absolute atomic E-state index is 12.6. The quantitative estimate of drug-likeness (QED) is 0.840. The largest absolute Gasteiger partial charge is 0.465 e. The van der Waals surface area contributed by atoms with Crippen LogP contribution in [0.25, 0.3) is 0 Å². The minimum atomic E-state index is -1.12. The number of rotatable bonds is 7. The van der Waals surface area contributed by atoms with E-state index in [2.05, 4.69) is 4.98 Å². The normalized spacial score (nSPS) is 11.6. The van der Waals surface area contributed by atoms with E-state index in [1.54, 1.807) is 43.4 Å². The molecular weight excluding hydrogens is 318 g/mol.